The van der Waals surface area contributed by atoms with Crippen molar-refractivity contribution in [1.29, 1.82) is 5.26 Å². The molecule has 3 N–H and O–H groups in total. The van der Waals surface area contributed by atoms with Crippen molar-refractivity contribution in [2.75, 3.05) is 7.05 Å². The SMILES string of the molecule is CNC(=O)c1c(CC(N)=O)csc1C#N. The molecule has 1 heterocycles. The Bertz CT molecular complexity index is 445. The van der Waals surface area contributed by atoms with Crippen LogP contribution in [0.1, 0.15) is 20.8 Å². The van der Waals surface area contributed by atoms with Gasteiger partial charge in [0, 0.05) is 7.05 Å². The molecule has 0 aliphatic carbocycles. The highest BCUT2D eigenvalue weighted by molar-refractivity contribution is 7.11. The van der Waals surface area contributed by atoms with Gasteiger partial charge in [-0.3, -0.25) is 9.59 Å². The summed E-state index contributed by atoms with van der Waals surface area (Å²) < 4.78 is 0. The molecule has 0 bridgehead atoms. The van der Waals surface area contributed by atoms with Crippen LogP contribution < -0.4 is 11.1 Å². The Morgan fingerprint density at radius 3 is 2.80 bits per heavy atom. The summed E-state index contributed by atoms with van der Waals surface area (Å²) >= 11 is 1.13. The zero-order valence-electron chi connectivity index (χ0n) is 8.03. The highest BCUT2D eigenvalue weighted by atomic mass is 32.1. The summed E-state index contributed by atoms with van der Waals surface area (Å²) in [5.41, 5.74) is 5.79. The molecular weight excluding hydrogens is 214 g/mol. The van der Waals surface area contributed by atoms with E-state index in [1.165, 1.54) is 7.05 Å². The molecule has 15 heavy (non-hydrogen) atoms. The number of carbonyl (C=O) groups is 2. The van der Waals surface area contributed by atoms with Gasteiger partial charge in [-0.15, -0.1) is 11.3 Å². The summed E-state index contributed by atoms with van der Waals surface area (Å²) in [5.74, 6) is -0.897. The highest BCUT2D eigenvalue weighted by Gasteiger charge is 2.18. The average Bonchev–Trinajstić information content (AvgIpc) is 2.58. The Morgan fingerprint density at radius 1 is 1.67 bits per heavy atom. The van der Waals surface area contributed by atoms with Crippen LogP contribution in [0.3, 0.4) is 0 Å². The number of amides is 2. The summed E-state index contributed by atoms with van der Waals surface area (Å²) in [6.07, 6.45) is -0.0269. The van der Waals surface area contributed by atoms with Crippen LogP contribution in [0.2, 0.25) is 0 Å². The van der Waals surface area contributed by atoms with E-state index in [0.717, 1.165) is 11.3 Å². The third-order valence-corrected chi connectivity index (χ3v) is 2.72. The molecule has 6 heteroatoms. The fraction of sp³-hybridized carbons (Fsp3) is 0.222. The topological polar surface area (TPSA) is 96.0 Å². The van der Waals surface area contributed by atoms with E-state index >= 15 is 0 Å². The number of hydrogen-bond acceptors (Lipinski definition) is 4. The van der Waals surface area contributed by atoms with E-state index in [0.29, 0.717) is 10.4 Å². The Hall–Kier alpha value is -1.87. The molecule has 0 aliphatic heterocycles. The van der Waals surface area contributed by atoms with Crippen molar-refractivity contribution in [3.05, 3.63) is 21.4 Å². The van der Waals surface area contributed by atoms with Gasteiger partial charge in [0.05, 0.1) is 12.0 Å². The van der Waals surface area contributed by atoms with Crippen LogP contribution in [-0.2, 0) is 11.2 Å². The molecule has 1 rings (SSSR count). The van der Waals surface area contributed by atoms with Crippen molar-refractivity contribution in [3.8, 4) is 6.07 Å². The van der Waals surface area contributed by atoms with Crippen LogP contribution >= 0.6 is 11.3 Å². The third-order valence-electron chi connectivity index (χ3n) is 1.79. The maximum Gasteiger partial charge on any atom is 0.253 e. The zero-order chi connectivity index (χ0) is 11.4. The first-order valence-electron chi connectivity index (χ1n) is 4.11. The molecule has 2 amide bonds. The van der Waals surface area contributed by atoms with Crippen LogP contribution in [0.15, 0.2) is 5.38 Å². The maximum absolute atomic E-state index is 11.4. The lowest BCUT2D eigenvalue weighted by atomic mass is 10.1. The van der Waals surface area contributed by atoms with Gasteiger partial charge >= 0.3 is 0 Å². The molecule has 0 spiro atoms. The normalized spacial score (nSPS) is 9.33. The van der Waals surface area contributed by atoms with Gasteiger partial charge in [-0.1, -0.05) is 0 Å². The maximum atomic E-state index is 11.4. The molecule has 0 atom stereocenters. The Kier molecular flexibility index (Phi) is 3.42. The predicted molar refractivity (Wildman–Crippen MR) is 55.3 cm³/mol. The van der Waals surface area contributed by atoms with Gasteiger partial charge in [0.25, 0.3) is 5.91 Å². The molecule has 0 fully saturated rings. The number of rotatable bonds is 3. The van der Waals surface area contributed by atoms with Gasteiger partial charge in [0.2, 0.25) is 5.91 Å². The summed E-state index contributed by atoms with van der Waals surface area (Å²) in [4.78, 5) is 22.5. The van der Waals surface area contributed by atoms with Crippen molar-refractivity contribution < 1.29 is 9.59 Å². The summed E-state index contributed by atoms with van der Waals surface area (Å²) in [6.45, 7) is 0. The minimum absolute atomic E-state index is 0.0269. The van der Waals surface area contributed by atoms with Crippen molar-refractivity contribution in [1.82, 2.24) is 5.32 Å². The van der Waals surface area contributed by atoms with E-state index in [9.17, 15) is 9.59 Å². The first-order valence-corrected chi connectivity index (χ1v) is 4.99. The molecule has 0 saturated heterocycles. The number of thiophene rings is 1. The molecule has 0 aliphatic rings. The lowest BCUT2D eigenvalue weighted by Crippen LogP contribution is -2.22. The van der Waals surface area contributed by atoms with Crippen LogP contribution in [0.5, 0.6) is 0 Å². The fourth-order valence-electron chi connectivity index (χ4n) is 1.17. The van der Waals surface area contributed by atoms with Crippen molar-refractivity contribution in [3.63, 3.8) is 0 Å². The van der Waals surface area contributed by atoms with Gasteiger partial charge in [-0.25, -0.2) is 0 Å². The van der Waals surface area contributed by atoms with Gasteiger partial charge in [0.15, 0.2) is 0 Å². The number of nitrogens with two attached hydrogens (primary N) is 1. The minimum atomic E-state index is -0.526. The van der Waals surface area contributed by atoms with Crippen LogP contribution in [0, 0.1) is 11.3 Å². The van der Waals surface area contributed by atoms with E-state index in [-0.39, 0.29) is 17.9 Å². The molecule has 1 aromatic heterocycles. The zero-order valence-corrected chi connectivity index (χ0v) is 8.85. The number of nitrogens with one attached hydrogen (secondary N) is 1. The molecule has 1 aromatic rings. The quantitative estimate of drug-likeness (QED) is 0.755. The summed E-state index contributed by atoms with van der Waals surface area (Å²) in [5, 5.41) is 12.8. The molecule has 78 valence electrons. The Morgan fingerprint density at radius 2 is 2.33 bits per heavy atom. The molecule has 0 radical (unpaired) electrons. The van der Waals surface area contributed by atoms with Crippen molar-refractivity contribution >= 4 is 23.2 Å². The first-order chi connectivity index (χ1) is 7.10. The van der Waals surface area contributed by atoms with Gasteiger partial charge in [0.1, 0.15) is 10.9 Å². The van der Waals surface area contributed by atoms with E-state index in [1.807, 2.05) is 6.07 Å². The number of nitriles is 1. The predicted octanol–water partition coefficient (Wildman–Crippen LogP) is 0.00718. The second-order valence-electron chi connectivity index (χ2n) is 2.80. The average molecular weight is 223 g/mol. The minimum Gasteiger partial charge on any atom is -0.369 e. The lowest BCUT2D eigenvalue weighted by molar-refractivity contribution is -0.117. The van der Waals surface area contributed by atoms with Gasteiger partial charge in [-0.05, 0) is 10.9 Å². The van der Waals surface area contributed by atoms with E-state index in [1.54, 1.807) is 5.38 Å². The van der Waals surface area contributed by atoms with Gasteiger partial charge < -0.3 is 11.1 Å². The van der Waals surface area contributed by atoms with Crippen LogP contribution in [0.25, 0.3) is 0 Å². The first kappa shape index (κ1) is 11.2. The number of carbonyl (C=O) groups excluding carboxylic acids is 2. The monoisotopic (exact) mass is 223 g/mol. The van der Waals surface area contributed by atoms with Crippen molar-refractivity contribution in [2.45, 2.75) is 6.42 Å². The molecule has 0 aromatic carbocycles. The number of primary amides is 1. The molecule has 0 unspecified atom stereocenters. The van der Waals surface area contributed by atoms with E-state index in [2.05, 4.69) is 5.32 Å². The lowest BCUT2D eigenvalue weighted by Gasteiger charge is -2.00. The number of hydrogen-bond donors (Lipinski definition) is 2. The van der Waals surface area contributed by atoms with Crippen LogP contribution in [0.4, 0.5) is 0 Å². The van der Waals surface area contributed by atoms with Crippen molar-refractivity contribution in [2.24, 2.45) is 5.73 Å². The third kappa shape index (κ3) is 2.33. The Balaban J connectivity index is 3.18. The summed E-state index contributed by atoms with van der Waals surface area (Å²) in [6, 6.07) is 1.91. The van der Waals surface area contributed by atoms with E-state index in [4.69, 9.17) is 11.0 Å². The standard InChI is InChI=1S/C9H9N3O2S/c1-12-9(14)8-5(2-7(11)13)4-15-6(8)3-10/h4H,2H2,1H3,(H2,11,13)(H,12,14). The summed E-state index contributed by atoms with van der Waals surface area (Å²) in [7, 11) is 1.47. The molecule has 0 saturated carbocycles. The largest absolute Gasteiger partial charge is 0.369 e. The second-order valence-corrected chi connectivity index (χ2v) is 3.68. The fourth-order valence-corrected chi connectivity index (χ4v) is 2.02. The Labute approximate surface area is 90.5 Å². The second kappa shape index (κ2) is 4.57. The van der Waals surface area contributed by atoms with Gasteiger partial charge in [-0.2, -0.15) is 5.26 Å². The smallest absolute Gasteiger partial charge is 0.253 e. The number of nitrogens with zero attached hydrogens (tertiary/aromatic N) is 1. The van der Waals surface area contributed by atoms with Crippen LogP contribution in [-0.4, -0.2) is 18.9 Å². The molecular formula is C9H9N3O2S. The van der Waals surface area contributed by atoms with E-state index < -0.39 is 5.91 Å². The molecule has 5 nitrogen and oxygen atoms in total. The highest BCUT2D eigenvalue weighted by Crippen LogP contribution is 2.22.